The summed E-state index contributed by atoms with van der Waals surface area (Å²) in [7, 11) is 0. The van der Waals surface area contributed by atoms with E-state index in [9.17, 15) is 18.0 Å². The molecule has 0 unspecified atom stereocenters. The molecule has 0 aromatic heterocycles. The van der Waals surface area contributed by atoms with Crippen LogP contribution in [-0.2, 0) is 17.4 Å². The Morgan fingerprint density at radius 1 is 1.12 bits per heavy atom. The molecule has 0 fully saturated rings. The highest BCUT2D eigenvalue weighted by atomic mass is 19.4. The average molecular weight is 365 g/mol. The van der Waals surface area contributed by atoms with Gasteiger partial charge in [-0.3, -0.25) is 4.79 Å². The van der Waals surface area contributed by atoms with Gasteiger partial charge in [-0.1, -0.05) is 36.8 Å². The highest BCUT2D eigenvalue weighted by molar-refractivity contribution is 5.92. The van der Waals surface area contributed by atoms with E-state index in [-0.39, 0.29) is 23.8 Å². The molecule has 6 heteroatoms. The third kappa shape index (κ3) is 5.79. The Kier molecular flexibility index (Phi) is 6.66. The normalized spacial score (nSPS) is 11.3. The van der Waals surface area contributed by atoms with Crippen LogP contribution in [0, 0.1) is 6.92 Å². The van der Waals surface area contributed by atoms with E-state index < -0.39 is 11.7 Å². The van der Waals surface area contributed by atoms with Gasteiger partial charge in [-0.15, -0.1) is 0 Å². The van der Waals surface area contributed by atoms with Crippen LogP contribution in [0.4, 0.5) is 18.9 Å². The Morgan fingerprint density at radius 3 is 2.42 bits per heavy atom. The fourth-order valence-corrected chi connectivity index (χ4v) is 2.37. The monoisotopic (exact) mass is 365 g/mol. The van der Waals surface area contributed by atoms with Crippen molar-refractivity contribution in [2.45, 2.75) is 39.3 Å². The first-order valence-corrected chi connectivity index (χ1v) is 8.49. The molecule has 0 bridgehead atoms. The van der Waals surface area contributed by atoms with Crippen molar-refractivity contribution in [2.75, 3.05) is 11.9 Å². The van der Waals surface area contributed by atoms with Crippen molar-refractivity contribution in [3.05, 3.63) is 59.2 Å². The van der Waals surface area contributed by atoms with Crippen LogP contribution in [0.1, 0.15) is 36.5 Å². The molecular formula is C20H22F3NO2. The molecule has 0 atom stereocenters. The minimum absolute atomic E-state index is 0.0437. The molecule has 2 aromatic rings. The molecule has 26 heavy (non-hydrogen) atoms. The van der Waals surface area contributed by atoms with Gasteiger partial charge in [-0.2, -0.15) is 13.2 Å². The molecule has 0 aliphatic heterocycles. The Balaban J connectivity index is 2.09. The van der Waals surface area contributed by atoms with E-state index in [0.717, 1.165) is 23.3 Å². The van der Waals surface area contributed by atoms with E-state index >= 15 is 0 Å². The zero-order valence-corrected chi connectivity index (χ0v) is 14.8. The number of nitrogens with one attached hydrogen (secondary N) is 1. The number of hydrogen-bond acceptors (Lipinski definition) is 2. The van der Waals surface area contributed by atoms with Gasteiger partial charge in [0, 0.05) is 6.42 Å². The van der Waals surface area contributed by atoms with Crippen molar-refractivity contribution < 1.29 is 22.7 Å². The molecular weight excluding hydrogens is 343 g/mol. The Labute approximate surface area is 151 Å². The van der Waals surface area contributed by atoms with E-state index in [0.29, 0.717) is 19.4 Å². The van der Waals surface area contributed by atoms with Crippen LogP contribution < -0.4 is 10.1 Å². The van der Waals surface area contributed by atoms with E-state index in [1.165, 1.54) is 6.07 Å². The quantitative estimate of drug-likeness (QED) is 0.716. The molecule has 0 saturated carbocycles. The lowest BCUT2D eigenvalue weighted by atomic mass is 10.1. The standard InChI is InChI=1S/C20H22F3NO2/c1-3-12-26-18-10-9-16(20(21,22)23)13-17(18)24-19(25)11-8-15-6-4-14(2)5-7-15/h4-7,9-10,13H,3,8,11-12H2,1-2H3,(H,24,25). The van der Waals surface area contributed by atoms with Gasteiger partial charge in [0.15, 0.2) is 0 Å². The molecule has 3 nitrogen and oxygen atoms in total. The van der Waals surface area contributed by atoms with E-state index in [4.69, 9.17) is 4.74 Å². The van der Waals surface area contributed by atoms with Gasteiger partial charge in [-0.25, -0.2) is 0 Å². The summed E-state index contributed by atoms with van der Waals surface area (Å²) >= 11 is 0. The average Bonchev–Trinajstić information content (AvgIpc) is 2.59. The number of rotatable bonds is 7. The van der Waals surface area contributed by atoms with Crippen molar-refractivity contribution in [2.24, 2.45) is 0 Å². The fourth-order valence-electron chi connectivity index (χ4n) is 2.37. The Bertz CT molecular complexity index is 740. The number of amides is 1. The van der Waals surface area contributed by atoms with Gasteiger partial charge >= 0.3 is 6.18 Å². The number of benzene rings is 2. The van der Waals surface area contributed by atoms with E-state index in [1.54, 1.807) is 0 Å². The molecule has 2 rings (SSSR count). The number of carbonyl (C=O) groups excluding carboxylic acids is 1. The van der Waals surface area contributed by atoms with Crippen LogP contribution in [0.3, 0.4) is 0 Å². The molecule has 0 radical (unpaired) electrons. The summed E-state index contributed by atoms with van der Waals surface area (Å²) in [6.45, 7) is 4.23. The predicted octanol–water partition coefficient (Wildman–Crippen LogP) is 5.37. The second-order valence-electron chi connectivity index (χ2n) is 6.09. The number of alkyl halides is 3. The maximum Gasteiger partial charge on any atom is 0.416 e. The smallest absolute Gasteiger partial charge is 0.416 e. The van der Waals surface area contributed by atoms with Gasteiger partial charge < -0.3 is 10.1 Å². The zero-order chi connectivity index (χ0) is 19.2. The topological polar surface area (TPSA) is 38.3 Å². The van der Waals surface area contributed by atoms with Crippen LogP contribution in [0.5, 0.6) is 5.75 Å². The molecule has 0 heterocycles. The number of aryl methyl sites for hydroxylation is 2. The van der Waals surface area contributed by atoms with Crippen LogP contribution in [-0.4, -0.2) is 12.5 Å². The molecule has 2 aromatic carbocycles. The number of ether oxygens (including phenoxy) is 1. The summed E-state index contributed by atoms with van der Waals surface area (Å²) in [5.41, 5.74) is 1.34. The SMILES string of the molecule is CCCOc1ccc(C(F)(F)F)cc1NC(=O)CCc1ccc(C)cc1. The van der Waals surface area contributed by atoms with Gasteiger partial charge in [0.2, 0.25) is 5.91 Å². The summed E-state index contributed by atoms with van der Waals surface area (Å²) in [4.78, 5) is 12.2. The summed E-state index contributed by atoms with van der Waals surface area (Å²) < 4.78 is 44.3. The maximum atomic E-state index is 12.9. The van der Waals surface area contributed by atoms with Crippen molar-refractivity contribution in [1.82, 2.24) is 0 Å². The molecule has 0 aliphatic carbocycles. The fraction of sp³-hybridized carbons (Fsp3) is 0.350. The highest BCUT2D eigenvalue weighted by Gasteiger charge is 2.31. The van der Waals surface area contributed by atoms with Gasteiger partial charge in [0.1, 0.15) is 5.75 Å². The largest absolute Gasteiger partial charge is 0.491 e. The van der Waals surface area contributed by atoms with Crippen LogP contribution in [0.2, 0.25) is 0 Å². The summed E-state index contributed by atoms with van der Waals surface area (Å²) in [6, 6.07) is 10.9. The second-order valence-corrected chi connectivity index (χ2v) is 6.09. The minimum Gasteiger partial charge on any atom is -0.491 e. The van der Waals surface area contributed by atoms with Crippen LogP contribution in [0.15, 0.2) is 42.5 Å². The predicted molar refractivity (Wildman–Crippen MR) is 95.4 cm³/mol. The number of halogens is 3. The number of carbonyl (C=O) groups is 1. The van der Waals surface area contributed by atoms with Crippen LogP contribution in [0.25, 0.3) is 0 Å². The van der Waals surface area contributed by atoms with Crippen molar-refractivity contribution in [3.63, 3.8) is 0 Å². The first kappa shape index (κ1) is 19.8. The maximum absolute atomic E-state index is 12.9. The number of hydrogen-bond donors (Lipinski definition) is 1. The van der Waals surface area contributed by atoms with Gasteiger partial charge in [0.25, 0.3) is 0 Å². The van der Waals surface area contributed by atoms with Crippen LogP contribution >= 0.6 is 0 Å². The molecule has 140 valence electrons. The van der Waals surface area contributed by atoms with Gasteiger partial charge in [0.05, 0.1) is 17.9 Å². The van der Waals surface area contributed by atoms with E-state index in [2.05, 4.69) is 5.32 Å². The number of anilines is 1. The van der Waals surface area contributed by atoms with Gasteiger partial charge in [-0.05, 0) is 43.5 Å². The lowest BCUT2D eigenvalue weighted by Gasteiger charge is -2.15. The highest BCUT2D eigenvalue weighted by Crippen LogP contribution is 2.35. The van der Waals surface area contributed by atoms with Crippen molar-refractivity contribution in [1.29, 1.82) is 0 Å². The minimum atomic E-state index is -4.48. The molecule has 0 aliphatic rings. The lowest BCUT2D eigenvalue weighted by Crippen LogP contribution is -2.15. The lowest BCUT2D eigenvalue weighted by molar-refractivity contribution is -0.137. The second kappa shape index (κ2) is 8.74. The molecule has 0 spiro atoms. The summed E-state index contributed by atoms with van der Waals surface area (Å²) in [5.74, 6) is -0.116. The molecule has 1 amide bonds. The Morgan fingerprint density at radius 2 is 1.81 bits per heavy atom. The first-order chi connectivity index (χ1) is 12.3. The summed E-state index contributed by atoms with van der Waals surface area (Å²) in [6.07, 6.45) is -3.09. The van der Waals surface area contributed by atoms with E-state index in [1.807, 2.05) is 38.1 Å². The molecule has 0 saturated heterocycles. The summed E-state index contributed by atoms with van der Waals surface area (Å²) in [5, 5.41) is 2.55. The van der Waals surface area contributed by atoms with Crippen molar-refractivity contribution >= 4 is 11.6 Å². The zero-order valence-electron chi connectivity index (χ0n) is 14.8. The third-order valence-corrected chi connectivity index (χ3v) is 3.80. The molecule has 1 N–H and O–H groups in total. The van der Waals surface area contributed by atoms with Crippen molar-refractivity contribution in [3.8, 4) is 5.75 Å². The first-order valence-electron chi connectivity index (χ1n) is 8.49. The Hall–Kier alpha value is -2.50. The third-order valence-electron chi connectivity index (χ3n) is 3.80.